The van der Waals surface area contributed by atoms with E-state index in [9.17, 15) is 4.79 Å². The zero-order valence-electron chi connectivity index (χ0n) is 14.0. The molecule has 6 nitrogen and oxygen atoms in total. The van der Waals surface area contributed by atoms with Gasteiger partial charge >= 0.3 is 0 Å². The van der Waals surface area contributed by atoms with Gasteiger partial charge in [-0.05, 0) is 31.0 Å². The van der Waals surface area contributed by atoms with E-state index >= 15 is 0 Å². The van der Waals surface area contributed by atoms with Crippen LogP contribution in [0.15, 0.2) is 48.9 Å². The third-order valence-corrected chi connectivity index (χ3v) is 5.11. The average molecular weight is 339 g/mol. The summed E-state index contributed by atoms with van der Waals surface area (Å²) in [5.41, 5.74) is 0.453. The van der Waals surface area contributed by atoms with Gasteiger partial charge in [-0.1, -0.05) is 6.07 Å². The molecular formula is C19H21N3O3. The zero-order valence-corrected chi connectivity index (χ0v) is 14.0. The Labute approximate surface area is 146 Å². The van der Waals surface area contributed by atoms with Gasteiger partial charge in [0.2, 0.25) is 5.88 Å². The molecule has 2 aliphatic heterocycles. The van der Waals surface area contributed by atoms with Crippen LogP contribution in [0.2, 0.25) is 0 Å². The highest BCUT2D eigenvalue weighted by molar-refractivity contribution is 5.94. The maximum atomic E-state index is 12.8. The summed E-state index contributed by atoms with van der Waals surface area (Å²) < 4.78 is 11.9. The fourth-order valence-electron chi connectivity index (χ4n) is 3.75. The molecule has 0 spiro atoms. The number of fused-ring (bicyclic) bond motifs is 1. The van der Waals surface area contributed by atoms with Crippen LogP contribution in [0, 0.1) is 5.41 Å². The summed E-state index contributed by atoms with van der Waals surface area (Å²) in [5, 5.41) is 0. The number of ether oxygens (including phenoxy) is 2. The van der Waals surface area contributed by atoms with Crippen molar-refractivity contribution in [2.24, 2.45) is 5.41 Å². The lowest BCUT2D eigenvalue weighted by Crippen LogP contribution is -2.54. The van der Waals surface area contributed by atoms with Gasteiger partial charge in [-0.15, -0.1) is 0 Å². The van der Waals surface area contributed by atoms with Gasteiger partial charge in [0.25, 0.3) is 5.91 Å². The van der Waals surface area contributed by atoms with Crippen molar-refractivity contribution in [1.29, 1.82) is 0 Å². The summed E-state index contributed by atoms with van der Waals surface area (Å²) in [6.45, 7) is 2.55. The minimum absolute atomic E-state index is 0.0238. The van der Waals surface area contributed by atoms with E-state index in [4.69, 9.17) is 9.47 Å². The molecule has 2 aliphatic rings. The second-order valence-corrected chi connectivity index (χ2v) is 6.69. The lowest BCUT2D eigenvalue weighted by Gasteiger charge is -2.43. The SMILES string of the molecule is O=C(c1cccnc1)N1CC[C@H]2OCC[C@@]2(COc2ccccn2)C1. The summed E-state index contributed by atoms with van der Waals surface area (Å²) in [5.74, 6) is 0.633. The van der Waals surface area contributed by atoms with Gasteiger partial charge in [0.1, 0.15) is 0 Å². The molecule has 6 heteroatoms. The van der Waals surface area contributed by atoms with Crippen LogP contribution in [-0.4, -0.2) is 53.2 Å². The highest BCUT2D eigenvalue weighted by Gasteiger charge is 2.49. The van der Waals surface area contributed by atoms with Gasteiger partial charge < -0.3 is 14.4 Å². The summed E-state index contributed by atoms with van der Waals surface area (Å²) in [6, 6.07) is 9.22. The first kappa shape index (κ1) is 16.0. The van der Waals surface area contributed by atoms with Gasteiger partial charge in [-0.3, -0.25) is 9.78 Å². The normalized spacial score (nSPS) is 25.4. The molecule has 0 unspecified atom stereocenters. The van der Waals surface area contributed by atoms with Crippen LogP contribution in [0.4, 0.5) is 0 Å². The number of amides is 1. The summed E-state index contributed by atoms with van der Waals surface area (Å²) in [4.78, 5) is 23.0. The van der Waals surface area contributed by atoms with E-state index in [1.165, 1.54) is 0 Å². The van der Waals surface area contributed by atoms with Crippen LogP contribution in [-0.2, 0) is 4.74 Å². The highest BCUT2D eigenvalue weighted by atomic mass is 16.5. The predicted molar refractivity (Wildman–Crippen MR) is 91.3 cm³/mol. The first-order valence-electron chi connectivity index (χ1n) is 8.62. The number of rotatable bonds is 4. The van der Waals surface area contributed by atoms with E-state index in [-0.39, 0.29) is 17.4 Å². The smallest absolute Gasteiger partial charge is 0.255 e. The second-order valence-electron chi connectivity index (χ2n) is 6.69. The molecule has 4 rings (SSSR count). The monoisotopic (exact) mass is 339 g/mol. The number of likely N-dealkylation sites (tertiary alicyclic amines) is 1. The Bertz CT molecular complexity index is 725. The molecule has 25 heavy (non-hydrogen) atoms. The zero-order chi connectivity index (χ0) is 17.1. The molecule has 0 radical (unpaired) electrons. The van der Waals surface area contributed by atoms with Crippen molar-refractivity contribution in [2.75, 3.05) is 26.3 Å². The molecule has 0 aliphatic carbocycles. The molecule has 2 saturated heterocycles. The maximum absolute atomic E-state index is 12.8. The van der Waals surface area contributed by atoms with E-state index < -0.39 is 0 Å². The molecule has 4 heterocycles. The number of hydrogen-bond donors (Lipinski definition) is 0. The average Bonchev–Trinajstić information content (AvgIpc) is 3.11. The maximum Gasteiger partial charge on any atom is 0.255 e. The standard InChI is InChI=1S/C19H21N3O3/c23-18(15-4-3-8-20-12-15)22-10-6-16-19(13-22,7-11-24-16)14-25-17-5-1-2-9-21-17/h1-5,8-9,12,16H,6-7,10-11,13-14H2/t16-,19+/m1/s1. The van der Waals surface area contributed by atoms with Crippen molar-refractivity contribution >= 4 is 5.91 Å². The lowest BCUT2D eigenvalue weighted by atomic mass is 9.77. The van der Waals surface area contributed by atoms with Gasteiger partial charge in [0.05, 0.1) is 23.7 Å². The van der Waals surface area contributed by atoms with Crippen LogP contribution in [0.25, 0.3) is 0 Å². The van der Waals surface area contributed by atoms with E-state index in [1.807, 2.05) is 29.2 Å². The Morgan fingerprint density at radius 1 is 1.32 bits per heavy atom. The van der Waals surface area contributed by atoms with Crippen molar-refractivity contribution < 1.29 is 14.3 Å². The second kappa shape index (κ2) is 6.80. The Hall–Kier alpha value is -2.47. The first-order valence-corrected chi connectivity index (χ1v) is 8.62. The highest BCUT2D eigenvalue weighted by Crippen LogP contribution is 2.41. The first-order chi connectivity index (χ1) is 12.3. The summed E-state index contributed by atoms with van der Waals surface area (Å²) in [6.07, 6.45) is 6.87. The Morgan fingerprint density at radius 3 is 3.08 bits per heavy atom. The van der Waals surface area contributed by atoms with Crippen LogP contribution >= 0.6 is 0 Å². The third-order valence-electron chi connectivity index (χ3n) is 5.11. The van der Waals surface area contributed by atoms with Crippen LogP contribution in [0.3, 0.4) is 0 Å². The Balaban J connectivity index is 1.50. The minimum Gasteiger partial charge on any atom is -0.477 e. The van der Waals surface area contributed by atoms with Crippen molar-refractivity contribution in [3.05, 3.63) is 54.5 Å². The Morgan fingerprint density at radius 2 is 2.28 bits per heavy atom. The van der Waals surface area contributed by atoms with Gasteiger partial charge in [0, 0.05) is 44.4 Å². The predicted octanol–water partition coefficient (Wildman–Crippen LogP) is 2.18. The molecule has 0 bridgehead atoms. The van der Waals surface area contributed by atoms with Crippen LogP contribution in [0.5, 0.6) is 5.88 Å². The van der Waals surface area contributed by atoms with E-state index in [0.717, 1.165) is 12.8 Å². The fraction of sp³-hybridized carbons (Fsp3) is 0.421. The number of nitrogens with zero attached hydrogens (tertiary/aromatic N) is 3. The number of carbonyl (C=O) groups excluding carboxylic acids is 1. The molecule has 2 atom stereocenters. The molecule has 2 aromatic heterocycles. The number of piperidine rings is 1. The van der Waals surface area contributed by atoms with Crippen molar-refractivity contribution in [1.82, 2.24) is 14.9 Å². The number of aromatic nitrogens is 2. The van der Waals surface area contributed by atoms with Crippen LogP contribution in [0.1, 0.15) is 23.2 Å². The molecule has 1 amide bonds. The van der Waals surface area contributed by atoms with Crippen molar-refractivity contribution in [3.63, 3.8) is 0 Å². The van der Waals surface area contributed by atoms with Gasteiger partial charge in [-0.2, -0.15) is 0 Å². The fourth-order valence-corrected chi connectivity index (χ4v) is 3.75. The minimum atomic E-state index is -0.173. The summed E-state index contributed by atoms with van der Waals surface area (Å²) in [7, 11) is 0. The quantitative estimate of drug-likeness (QED) is 0.854. The van der Waals surface area contributed by atoms with Gasteiger partial charge in [0.15, 0.2) is 0 Å². The van der Waals surface area contributed by atoms with E-state index in [1.54, 1.807) is 24.7 Å². The van der Waals surface area contributed by atoms with E-state index in [2.05, 4.69) is 9.97 Å². The summed E-state index contributed by atoms with van der Waals surface area (Å²) >= 11 is 0. The van der Waals surface area contributed by atoms with Crippen LogP contribution < -0.4 is 4.74 Å². The molecule has 0 aromatic carbocycles. The molecule has 0 N–H and O–H groups in total. The molecular weight excluding hydrogens is 318 g/mol. The van der Waals surface area contributed by atoms with Crippen molar-refractivity contribution in [2.45, 2.75) is 18.9 Å². The van der Waals surface area contributed by atoms with Crippen molar-refractivity contribution in [3.8, 4) is 5.88 Å². The molecule has 2 aromatic rings. The lowest BCUT2D eigenvalue weighted by molar-refractivity contribution is -0.0332. The number of carbonyl (C=O) groups is 1. The third kappa shape index (κ3) is 3.22. The largest absolute Gasteiger partial charge is 0.477 e. The van der Waals surface area contributed by atoms with Gasteiger partial charge in [-0.25, -0.2) is 4.98 Å². The topological polar surface area (TPSA) is 64.6 Å². The Kier molecular flexibility index (Phi) is 4.36. The molecule has 130 valence electrons. The molecule has 0 saturated carbocycles. The molecule has 2 fully saturated rings. The number of pyridine rings is 2. The number of hydrogen-bond acceptors (Lipinski definition) is 5. The van der Waals surface area contributed by atoms with E-state index in [0.29, 0.717) is 37.7 Å².